The van der Waals surface area contributed by atoms with Crippen LogP contribution in [-0.4, -0.2) is 33.2 Å². The van der Waals surface area contributed by atoms with Crippen LogP contribution in [0.25, 0.3) is 0 Å². The van der Waals surface area contributed by atoms with Crippen molar-refractivity contribution in [2.45, 2.75) is 19.5 Å². The number of anilines is 2. The Labute approximate surface area is 215 Å². The second-order valence-electron chi connectivity index (χ2n) is 7.44. The van der Waals surface area contributed by atoms with E-state index in [0.717, 1.165) is 5.69 Å². The predicted octanol–water partition coefficient (Wildman–Crippen LogP) is 5.53. The van der Waals surface area contributed by atoms with Crippen molar-refractivity contribution >= 4 is 57.2 Å². The van der Waals surface area contributed by atoms with Crippen molar-refractivity contribution in [3.63, 3.8) is 0 Å². The smallest absolute Gasteiger partial charge is 0.273 e. The minimum Gasteiger partial charge on any atom is -0.467 e. The molecule has 3 heterocycles. The molecule has 2 amide bonds. The van der Waals surface area contributed by atoms with Gasteiger partial charge in [0.1, 0.15) is 11.5 Å². The van der Waals surface area contributed by atoms with Crippen molar-refractivity contribution in [1.82, 2.24) is 20.2 Å². The third-order valence-electron chi connectivity index (χ3n) is 4.91. The molecule has 4 aromatic rings. The number of nitrogens with zero attached hydrogens (tertiary/aromatic N) is 3. The van der Waals surface area contributed by atoms with E-state index in [1.165, 1.54) is 22.5 Å². The summed E-state index contributed by atoms with van der Waals surface area (Å²) in [6.07, 6.45) is 3.33. The zero-order chi connectivity index (χ0) is 24.6. The molecule has 11 heteroatoms. The Morgan fingerprint density at radius 3 is 2.77 bits per heavy atom. The van der Waals surface area contributed by atoms with E-state index < -0.39 is 0 Å². The van der Waals surface area contributed by atoms with E-state index in [-0.39, 0.29) is 37.0 Å². The number of hydrogen-bond donors (Lipinski definition) is 2. The summed E-state index contributed by atoms with van der Waals surface area (Å²) >= 11 is 13.5. The first-order valence-electron chi connectivity index (χ1n) is 10.6. The highest BCUT2D eigenvalue weighted by molar-refractivity contribution is 7.14. The summed E-state index contributed by atoms with van der Waals surface area (Å²) in [6, 6.07) is 14.1. The number of carbonyl (C=O) groups is 2. The van der Waals surface area contributed by atoms with Gasteiger partial charge in [-0.1, -0.05) is 29.3 Å². The summed E-state index contributed by atoms with van der Waals surface area (Å²) in [7, 11) is 0. The molecule has 0 saturated carbocycles. The van der Waals surface area contributed by atoms with Crippen LogP contribution in [0.1, 0.15) is 28.4 Å². The van der Waals surface area contributed by atoms with Crippen LogP contribution in [-0.2, 0) is 17.9 Å². The molecule has 35 heavy (non-hydrogen) atoms. The van der Waals surface area contributed by atoms with Crippen LogP contribution < -0.4 is 10.6 Å². The van der Waals surface area contributed by atoms with E-state index in [4.69, 9.17) is 27.6 Å². The van der Waals surface area contributed by atoms with E-state index in [0.29, 0.717) is 33.2 Å². The zero-order valence-corrected chi connectivity index (χ0v) is 20.7. The van der Waals surface area contributed by atoms with E-state index in [2.05, 4.69) is 20.6 Å². The standard InChI is InChI=1S/C24H21Cl2N5O3S/c25-16-6-7-19(26)20(12-16)29-24-30-21(15-35-24)23(33)31(14-18-5-3-11-34-18)10-8-22(32)28-13-17-4-1-2-9-27-17/h1-7,9,11-12,15H,8,10,13-14H2,(H,28,32)(H,29,30). The third-order valence-corrected chi connectivity index (χ3v) is 6.23. The second-order valence-corrected chi connectivity index (χ2v) is 9.14. The first-order chi connectivity index (χ1) is 17.0. The molecule has 3 aromatic heterocycles. The largest absolute Gasteiger partial charge is 0.467 e. The van der Waals surface area contributed by atoms with Crippen molar-refractivity contribution in [3.8, 4) is 0 Å². The highest BCUT2D eigenvalue weighted by Gasteiger charge is 2.21. The number of nitrogens with one attached hydrogen (secondary N) is 2. The number of halogens is 2. The van der Waals surface area contributed by atoms with Gasteiger partial charge in [-0.3, -0.25) is 14.6 Å². The van der Waals surface area contributed by atoms with Crippen LogP contribution in [0.3, 0.4) is 0 Å². The Bertz CT molecular complexity index is 1280. The number of hydrogen-bond acceptors (Lipinski definition) is 7. The van der Waals surface area contributed by atoms with Crippen molar-refractivity contribution in [2.24, 2.45) is 0 Å². The van der Waals surface area contributed by atoms with Gasteiger partial charge in [0.2, 0.25) is 5.91 Å². The summed E-state index contributed by atoms with van der Waals surface area (Å²) in [6.45, 7) is 0.715. The molecular formula is C24H21Cl2N5O3S. The molecule has 8 nitrogen and oxygen atoms in total. The summed E-state index contributed by atoms with van der Waals surface area (Å²) in [4.78, 5) is 35.8. The quantitative estimate of drug-likeness (QED) is 0.280. The molecule has 0 aliphatic heterocycles. The van der Waals surface area contributed by atoms with E-state index in [1.807, 2.05) is 18.2 Å². The molecule has 180 valence electrons. The van der Waals surface area contributed by atoms with Gasteiger partial charge < -0.3 is 20.0 Å². The number of furan rings is 1. The Morgan fingerprint density at radius 1 is 1.11 bits per heavy atom. The summed E-state index contributed by atoms with van der Waals surface area (Å²) in [5, 5.41) is 9.06. The van der Waals surface area contributed by atoms with Crippen molar-refractivity contribution in [1.29, 1.82) is 0 Å². The van der Waals surface area contributed by atoms with Crippen LogP contribution in [0.15, 0.2) is 70.8 Å². The van der Waals surface area contributed by atoms with Gasteiger partial charge in [0.25, 0.3) is 5.91 Å². The lowest BCUT2D eigenvalue weighted by atomic mass is 10.3. The molecule has 0 saturated heterocycles. The summed E-state index contributed by atoms with van der Waals surface area (Å²) in [5.74, 6) is 0.0936. The van der Waals surface area contributed by atoms with Crippen LogP contribution in [0, 0.1) is 0 Å². The van der Waals surface area contributed by atoms with Gasteiger partial charge in [-0.05, 0) is 42.5 Å². The second kappa shape index (κ2) is 11.8. The molecule has 0 fully saturated rings. The number of pyridine rings is 1. The maximum absolute atomic E-state index is 13.3. The third kappa shape index (κ3) is 7.05. The molecule has 2 N–H and O–H groups in total. The molecule has 0 atom stereocenters. The van der Waals surface area contributed by atoms with Gasteiger partial charge in [0.05, 0.1) is 35.8 Å². The fourth-order valence-corrected chi connectivity index (χ4v) is 4.19. The predicted molar refractivity (Wildman–Crippen MR) is 136 cm³/mol. The lowest BCUT2D eigenvalue weighted by Gasteiger charge is -2.20. The van der Waals surface area contributed by atoms with Crippen LogP contribution in [0.2, 0.25) is 10.0 Å². The molecule has 4 rings (SSSR count). The average molecular weight is 530 g/mol. The Kier molecular flexibility index (Phi) is 8.36. The highest BCUT2D eigenvalue weighted by atomic mass is 35.5. The maximum Gasteiger partial charge on any atom is 0.273 e. The first kappa shape index (κ1) is 24.7. The van der Waals surface area contributed by atoms with Crippen LogP contribution in [0.4, 0.5) is 10.8 Å². The number of benzene rings is 1. The van der Waals surface area contributed by atoms with Crippen LogP contribution >= 0.6 is 34.5 Å². The molecule has 1 aromatic carbocycles. The van der Waals surface area contributed by atoms with Crippen molar-refractivity contribution in [3.05, 3.63) is 93.6 Å². The minimum atomic E-state index is -0.319. The molecular weight excluding hydrogens is 509 g/mol. The first-order valence-corrected chi connectivity index (χ1v) is 12.3. The highest BCUT2D eigenvalue weighted by Crippen LogP contribution is 2.30. The number of aromatic nitrogens is 2. The molecule has 0 radical (unpaired) electrons. The van der Waals surface area contributed by atoms with Crippen molar-refractivity contribution in [2.75, 3.05) is 11.9 Å². The van der Waals surface area contributed by atoms with E-state index in [9.17, 15) is 9.59 Å². The van der Waals surface area contributed by atoms with Gasteiger partial charge >= 0.3 is 0 Å². The topological polar surface area (TPSA) is 100 Å². The van der Waals surface area contributed by atoms with Crippen LogP contribution in [0.5, 0.6) is 0 Å². The minimum absolute atomic E-state index is 0.118. The summed E-state index contributed by atoms with van der Waals surface area (Å²) in [5.41, 5.74) is 1.59. The molecule has 0 aliphatic carbocycles. The van der Waals surface area contributed by atoms with Gasteiger partial charge in [0, 0.05) is 29.6 Å². The van der Waals surface area contributed by atoms with E-state index >= 15 is 0 Å². The monoisotopic (exact) mass is 529 g/mol. The van der Waals surface area contributed by atoms with Crippen molar-refractivity contribution < 1.29 is 14.0 Å². The van der Waals surface area contributed by atoms with Gasteiger partial charge in [-0.15, -0.1) is 11.3 Å². The summed E-state index contributed by atoms with van der Waals surface area (Å²) < 4.78 is 5.41. The Balaban J connectivity index is 1.41. The number of amides is 2. The zero-order valence-electron chi connectivity index (χ0n) is 18.4. The fourth-order valence-electron chi connectivity index (χ4n) is 3.16. The molecule has 0 aliphatic rings. The number of thiazole rings is 1. The SMILES string of the molecule is O=C(CCN(Cc1ccco1)C(=O)c1csc(Nc2cc(Cl)ccc2Cl)n1)NCc1ccccn1. The Hall–Kier alpha value is -3.40. The lowest BCUT2D eigenvalue weighted by molar-refractivity contribution is -0.121. The number of carbonyl (C=O) groups excluding carboxylic acids is 2. The maximum atomic E-state index is 13.3. The van der Waals surface area contributed by atoms with Gasteiger partial charge in [0.15, 0.2) is 5.13 Å². The van der Waals surface area contributed by atoms with Gasteiger partial charge in [-0.2, -0.15) is 0 Å². The molecule has 0 bridgehead atoms. The molecule has 0 unspecified atom stereocenters. The number of rotatable bonds is 10. The average Bonchev–Trinajstić information content (AvgIpc) is 3.55. The van der Waals surface area contributed by atoms with E-state index in [1.54, 1.807) is 41.9 Å². The van der Waals surface area contributed by atoms with Gasteiger partial charge in [-0.25, -0.2) is 4.98 Å². The lowest BCUT2D eigenvalue weighted by Crippen LogP contribution is -2.35. The normalized spacial score (nSPS) is 10.7. The Morgan fingerprint density at radius 2 is 2.00 bits per heavy atom. The fraction of sp³-hybridized carbons (Fsp3) is 0.167. The molecule has 0 spiro atoms.